The molecular weight excluding hydrogens is 647 g/mol. The Bertz CT molecular complexity index is 2160. The zero-order valence-electron chi connectivity index (χ0n) is 26.1. The SMILES string of the molecule is COc1cc(/C=C/C(=O)N2C[C@@H](CCl)c3c2cc(O)c2ccccc32)ccc1/C=C/C(=O)N1CC(CCl)c2c1cc(O)c1ccccc21. The van der Waals surface area contributed by atoms with Gasteiger partial charge in [0.1, 0.15) is 17.2 Å². The molecule has 0 saturated heterocycles. The van der Waals surface area contributed by atoms with Gasteiger partial charge >= 0.3 is 0 Å². The monoisotopic (exact) mass is 678 g/mol. The summed E-state index contributed by atoms with van der Waals surface area (Å²) < 4.78 is 5.64. The fourth-order valence-electron chi connectivity index (χ4n) is 7.00. The molecular formula is C39H32Cl2N2O5. The van der Waals surface area contributed by atoms with Crippen LogP contribution in [0.5, 0.6) is 17.2 Å². The van der Waals surface area contributed by atoms with E-state index in [4.69, 9.17) is 27.9 Å². The Kier molecular flexibility index (Phi) is 8.50. The van der Waals surface area contributed by atoms with Gasteiger partial charge in [0.25, 0.3) is 11.8 Å². The predicted octanol–water partition coefficient (Wildman–Crippen LogP) is 8.18. The number of amides is 2. The van der Waals surface area contributed by atoms with Crippen molar-refractivity contribution >= 4 is 80.1 Å². The molecule has 2 aliphatic heterocycles. The van der Waals surface area contributed by atoms with Gasteiger partial charge in [-0.05, 0) is 45.7 Å². The smallest absolute Gasteiger partial charge is 0.251 e. The summed E-state index contributed by atoms with van der Waals surface area (Å²) >= 11 is 12.7. The zero-order valence-corrected chi connectivity index (χ0v) is 27.6. The average Bonchev–Trinajstić information content (AvgIpc) is 3.68. The summed E-state index contributed by atoms with van der Waals surface area (Å²) in [6, 6.07) is 23.9. The van der Waals surface area contributed by atoms with Gasteiger partial charge in [0.2, 0.25) is 0 Å². The molecule has 1 unspecified atom stereocenters. The highest BCUT2D eigenvalue weighted by atomic mass is 35.5. The van der Waals surface area contributed by atoms with Crippen LogP contribution in [0.1, 0.15) is 34.1 Å². The number of methoxy groups -OCH3 is 1. The third kappa shape index (κ3) is 5.43. The number of nitrogens with zero attached hydrogens (tertiary/aromatic N) is 2. The molecule has 2 atom stereocenters. The lowest BCUT2D eigenvalue weighted by Gasteiger charge is -2.17. The van der Waals surface area contributed by atoms with Crippen molar-refractivity contribution in [2.45, 2.75) is 11.8 Å². The van der Waals surface area contributed by atoms with Gasteiger partial charge in [-0.2, -0.15) is 0 Å². The Hall–Kier alpha value is -4.98. The first-order valence-corrected chi connectivity index (χ1v) is 16.7. The summed E-state index contributed by atoms with van der Waals surface area (Å²) in [5, 5.41) is 24.6. The summed E-state index contributed by atoms with van der Waals surface area (Å²) in [6.45, 7) is 0.826. The minimum atomic E-state index is -0.241. The van der Waals surface area contributed by atoms with Crippen molar-refractivity contribution in [2.24, 2.45) is 0 Å². The fourth-order valence-corrected chi connectivity index (χ4v) is 7.50. The highest BCUT2D eigenvalue weighted by Gasteiger charge is 2.35. The van der Waals surface area contributed by atoms with Crippen LogP contribution in [-0.4, -0.2) is 54.0 Å². The zero-order chi connectivity index (χ0) is 33.5. The molecule has 9 heteroatoms. The highest BCUT2D eigenvalue weighted by Crippen LogP contribution is 2.46. The maximum atomic E-state index is 13.5. The maximum absolute atomic E-state index is 13.5. The molecule has 242 valence electrons. The molecule has 5 aromatic carbocycles. The van der Waals surface area contributed by atoms with Crippen molar-refractivity contribution in [3.8, 4) is 17.2 Å². The Morgan fingerprint density at radius 3 is 1.69 bits per heavy atom. The number of phenols is 2. The lowest BCUT2D eigenvalue weighted by atomic mass is 9.95. The van der Waals surface area contributed by atoms with Crippen LogP contribution in [0.4, 0.5) is 11.4 Å². The van der Waals surface area contributed by atoms with Crippen molar-refractivity contribution in [1.29, 1.82) is 0 Å². The molecule has 7 rings (SSSR count). The van der Waals surface area contributed by atoms with Gasteiger partial charge in [-0.25, -0.2) is 0 Å². The number of phenolic OH excluding ortho intramolecular Hbond substituents is 2. The van der Waals surface area contributed by atoms with E-state index >= 15 is 0 Å². The van der Waals surface area contributed by atoms with E-state index in [1.165, 1.54) is 12.2 Å². The first kappa shape index (κ1) is 31.6. The minimum absolute atomic E-state index is 0.0571. The quantitative estimate of drug-likeness (QED) is 0.134. The number of carbonyl (C=O) groups is 2. The van der Waals surface area contributed by atoms with Crippen molar-refractivity contribution in [2.75, 3.05) is 41.8 Å². The van der Waals surface area contributed by atoms with Crippen LogP contribution in [0.15, 0.2) is 91.0 Å². The molecule has 7 nitrogen and oxygen atoms in total. The number of carbonyl (C=O) groups excluding carboxylic acids is 2. The Balaban J connectivity index is 1.11. The third-order valence-electron chi connectivity index (χ3n) is 9.28. The number of benzene rings is 5. The van der Waals surface area contributed by atoms with E-state index in [9.17, 15) is 19.8 Å². The standard InChI is InChI=1S/C39H32Cl2N2O5/c1-48-35-16-23(11-14-36(46)42-21-25(19-40)38-29-8-4-2-6-27(29)33(44)17-31(38)42)10-12-24(35)13-15-37(47)43-22-26(20-41)39-30-9-5-3-7-28(30)34(45)18-32(39)43/h2-18,25-26,44-45H,19-22H2,1H3/b14-11+,15-13+/t25-,26?/m1/s1. The van der Waals surface area contributed by atoms with E-state index < -0.39 is 0 Å². The molecule has 0 spiro atoms. The van der Waals surface area contributed by atoms with E-state index in [0.29, 0.717) is 47.5 Å². The number of ether oxygens (including phenoxy) is 1. The first-order valence-electron chi connectivity index (χ1n) is 15.6. The van der Waals surface area contributed by atoms with Crippen molar-refractivity contribution in [3.63, 3.8) is 0 Å². The number of anilines is 2. The number of fused-ring (bicyclic) bond motifs is 6. The fraction of sp³-hybridized carbons (Fsp3) is 0.179. The van der Waals surface area contributed by atoms with Crippen LogP contribution in [0, 0.1) is 0 Å². The Morgan fingerprint density at radius 2 is 1.21 bits per heavy atom. The second kappa shape index (κ2) is 12.9. The van der Waals surface area contributed by atoms with E-state index in [2.05, 4.69) is 0 Å². The second-order valence-electron chi connectivity index (χ2n) is 12.0. The normalized spacial score (nSPS) is 17.1. The summed E-state index contributed by atoms with van der Waals surface area (Å²) in [4.78, 5) is 30.2. The summed E-state index contributed by atoms with van der Waals surface area (Å²) in [5.41, 5.74) is 4.67. The maximum Gasteiger partial charge on any atom is 0.251 e. The van der Waals surface area contributed by atoms with Gasteiger partial charge in [-0.15, -0.1) is 23.2 Å². The van der Waals surface area contributed by atoms with Gasteiger partial charge in [-0.3, -0.25) is 9.59 Å². The van der Waals surface area contributed by atoms with E-state index in [-0.39, 0.29) is 35.1 Å². The number of hydrogen-bond acceptors (Lipinski definition) is 5. The molecule has 0 saturated carbocycles. The van der Waals surface area contributed by atoms with Gasteiger partial charge in [-0.1, -0.05) is 60.7 Å². The van der Waals surface area contributed by atoms with Crippen LogP contribution < -0.4 is 14.5 Å². The van der Waals surface area contributed by atoms with Crippen molar-refractivity contribution < 1.29 is 24.5 Å². The Labute approximate surface area is 287 Å². The number of aromatic hydroxyl groups is 2. The van der Waals surface area contributed by atoms with Crippen LogP contribution in [0.3, 0.4) is 0 Å². The first-order chi connectivity index (χ1) is 23.3. The van der Waals surface area contributed by atoms with Crippen LogP contribution in [-0.2, 0) is 9.59 Å². The highest BCUT2D eigenvalue weighted by molar-refractivity contribution is 6.20. The molecule has 0 radical (unpaired) electrons. The topological polar surface area (TPSA) is 90.3 Å². The number of rotatable bonds is 7. The predicted molar refractivity (Wildman–Crippen MR) is 194 cm³/mol. The van der Waals surface area contributed by atoms with Crippen LogP contribution in [0.25, 0.3) is 33.7 Å². The minimum Gasteiger partial charge on any atom is -0.507 e. The summed E-state index contributed by atoms with van der Waals surface area (Å²) in [5.74, 6) is 0.867. The Morgan fingerprint density at radius 1 is 0.729 bits per heavy atom. The van der Waals surface area contributed by atoms with Gasteiger partial charge in [0.05, 0.1) is 18.5 Å². The van der Waals surface area contributed by atoms with Crippen molar-refractivity contribution in [3.05, 3.63) is 113 Å². The van der Waals surface area contributed by atoms with E-state index in [0.717, 1.165) is 38.2 Å². The average molecular weight is 680 g/mol. The summed E-state index contributed by atoms with van der Waals surface area (Å²) in [7, 11) is 1.55. The largest absolute Gasteiger partial charge is 0.507 e. The van der Waals surface area contributed by atoms with Crippen LogP contribution >= 0.6 is 23.2 Å². The van der Waals surface area contributed by atoms with Crippen LogP contribution in [0.2, 0.25) is 0 Å². The summed E-state index contributed by atoms with van der Waals surface area (Å²) in [6.07, 6.45) is 6.39. The molecule has 2 aliphatic rings. The van der Waals surface area contributed by atoms with E-state index in [1.54, 1.807) is 47.3 Å². The second-order valence-corrected chi connectivity index (χ2v) is 12.6. The molecule has 48 heavy (non-hydrogen) atoms. The molecule has 0 aliphatic carbocycles. The third-order valence-corrected chi connectivity index (χ3v) is 10.0. The lowest BCUT2D eigenvalue weighted by molar-refractivity contribution is -0.114. The molecule has 2 N–H and O–H groups in total. The van der Waals surface area contributed by atoms with Gasteiger partial charge in [0, 0.05) is 77.3 Å². The molecule has 5 aromatic rings. The molecule has 0 aromatic heterocycles. The lowest BCUT2D eigenvalue weighted by Crippen LogP contribution is -2.28. The molecule has 0 fully saturated rings. The van der Waals surface area contributed by atoms with Gasteiger partial charge in [0.15, 0.2) is 0 Å². The number of halogens is 2. The number of alkyl halides is 2. The molecule has 0 bridgehead atoms. The van der Waals surface area contributed by atoms with E-state index in [1.807, 2.05) is 60.7 Å². The molecule has 2 amide bonds. The number of hydrogen-bond donors (Lipinski definition) is 2. The van der Waals surface area contributed by atoms with Gasteiger partial charge < -0.3 is 24.7 Å². The molecule has 2 heterocycles. The van der Waals surface area contributed by atoms with Crippen molar-refractivity contribution in [1.82, 2.24) is 0 Å².